The highest BCUT2D eigenvalue weighted by Gasteiger charge is 2.23. The van der Waals surface area contributed by atoms with Gasteiger partial charge in [-0.1, -0.05) is 18.2 Å². The molecule has 1 fully saturated rings. The lowest BCUT2D eigenvalue weighted by Gasteiger charge is -2.16. The van der Waals surface area contributed by atoms with E-state index in [2.05, 4.69) is 9.88 Å². The first-order valence-corrected chi connectivity index (χ1v) is 5.86. The number of carboxylic acids is 1. The van der Waals surface area contributed by atoms with E-state index in [-0.39, 0.29) is 0 Å². The van der Waals surface area contributed by atoms with E-state index in [1.807, 2.05) is 24.3 Å². The number of aromatic carboxylic acids is 1. The molecule has 1 aliphatic heterocycles. The molecule has 0 saturated carbocycles. The Morgan fingerprint density at radius 1 is 1.24 bits per heavy atom. The fourth-order valence-corrected chi connectivity index (χ4v) is 2.52. The molecule has 2 N–H and O–H groups in total. The van der Waals surface area contributed by atoms with Crippen LogP contribution in [0.3, 0.4) is 0 Å². The predicted molar refractivity (Wildman–Crippen MR) is 66.7 cm³/mol. The van der Waals surface area contributed by atoms with Crippen LogP contribution in [0.1, 0.15) is 23.2 Å². The molecule has 2 aromatic rings. The highest BCUT2D eigenvalue weighted by Crippen LogP contribution is 2.30. The molecule has 0 radical (unpaired) electrons. The van der Waals surface area contributed by atoms with Crippen LogP contribution >= 0.6 is 0 Å². The average Bonchev–Trinajstić information content (AvgIpc) is 2.95. The van der Waals surface area contributed by atoms with E-state index in [1.165, 1.54) is 0 Å². The third-order valence-corrected chi connectivity index (χ3v) is 3.32. The van der Waals surface area contributed by atoms with E-state index >= 15 is 0 Å². The van der Waals surface area contributed by atoms with Gasteiger partial charge in [0.1, 0.15) is 11.4 Å². The van der Waals surface area contributed by atoms with Crippen LogP contribution in [0.2, 0.25) is 0 Å². The lowest BCUT2D eigenvalue weighted by atomic mass is 10.1. The first-order chi connectivity index (χ1) is 8.27. The maximum atomic E-state index is 11.4. The van der Waals surface area contributed by atoms with Crippen molar-refractivity contribution in [2.45, 2.75) is 12.8 Å². The zero-order valence-electron chi connectivity index (χ0n) is 9.44. The number of fused-ring (bicyclic) bond motifs is 1. The number of nitrogens with one attached hydrogen (secondary N) is 1. The van der Waals surface area contributed by atoms with Gasteiger partial charge in [-0.3, -0.25) is 0 Å². The van der Waals surface area contributed by atoms with Crippen LogP contribution < -0.4 is 4.90 Å². The summed E-state index contributed by atoms with van der Waals surface area (Å²) in [4.78, 5) is 16.8. The first kappa shape index (κ1) is 10.2. The van der Waals surface area contributed by atoms with Crippen LogP contribution in [-0.2, 0) is 0 Å². The molecule has 0 unspecified atom stereocenters. The number of para-hydroxylation sites is 1. The predicted octanol–water partition coefficient (Wildman–Crippen LogP) is 2.47. The number of carboxylic acid groups (broad SMARTS) is 1. The van der Waals surface area contributed by atoms with E-state index in [0.717, 1.165) is 42.7 Å². The quantitative estimate of drug-likeness (QED) is 0.833. The molecular formula is C13H14N2O2. The molecule has 0 bridgehead atoms. The summed E-state index contributed by atoms with van der Waals surface area (Å²) in [7, 11) is 0. The molecule has 1 aromatic carbocycles. The Morgan fingerprint density at radius 3 is 2.65 bits per heavy atom. The summed E-state index contributed by atoms with van der Waals surface area (Å²) >= 11 is 0. The Balaban J connectivity index is 2.22. The molecule has 1 aliphatic rings. The fourth-order valence-electron chi connectivity index (χ4n) is 2.52. The average molecular weight is 230 g/mol. The van der Waals surface area contributed by atoms with E-state index < -0.39 is 5.97 Å². The Hall–Kier alpha value is -1.97. The number of H-pyrrole nitrogens is 1. The number of aromatic amines is 1. The highest BCUT2D eigenvalue weighted by molar-refractivity contribution is 6.08. The summed E-state index contributed by atoms with van der Waals surface area (Å²) in [6, 6.07) is 7.56. The van der Waals surface area contributed by atoms with Crippen molar-refractivity contribution < 1.29 is 9.90 Å². The first-order valence-electron chi connectivity index (χ1n) is 5.86. The third-order valence-electron chi connectivity index (χ3n) is 3.32. The second-order valence-electron chi connectivity index (χ2n) is 4.39. The summed E-state index contributed by atoms with van der Waals surface area (Å²) in [6.45, 7) is 1.88. The molecule has 4 heteroatoms. The maximum Gasteiger partial charge on any atom is 0.340 e. The third kappa shape index (κ3) is 1.56. The molecule has 0 aliphatic carbocycles. The summed E-state index contributed by atoms with van der Waals surface area (Å²) < 4.78 is 0. The minimum absolute atomic E-state index is 0.405. The van der Waals surface area contributed by atoms with E-state index in [4.69, 9.17) is 0 Å². The van der Waals surface area contributed by atoms with Crippen molar-refractivity contribution in [1.29, 1.82) is 0 Å². The number of anilines is 1. The smallest absolute Gasteiger partial charge is 0.340 e. The van der Waals surface area contributed by atoms with Crippen LogP contribution in [0.5, 0.6) is 0 Å². The molecule has 1 aromatic heterocycles. The monoisotopic (exact) mass is 230 g/mol. The molecule has 3 rings (SSSR count). The fraction of sp³-hybridized carbons (Fsp3) is 0.308. The van der Waals surface area contributed by atoms with Gasteiger partial charge in [0, 0.05) is 24.0 Å². The van der Waals surface area contributed by atoms with E-state index in [9.17, 15) is 9.90 Å². The minimum Gasteiger partial charge on any atom is -0.478 e. The second-order valence-corrected chi connectivity index (χ2v) is 4.39. The van der Waals surface area contributed by atoms with E-state index in [0.29, 0.717) is 5.56 Å². The lowest BCUT2D eigenvalue weighted by molar-refractivity contribution is 0.0700. The van der Waals surface area contributed by atoms with Crippen molar-refractivity contribution in [3.63, 3.8) is 0 Å². The van der Waals surface area contributed by atoms with Crippen LogP contribution in [0.15, 0.2) is 24.3 Å². The summed E-state index contributed by atoms with van der Waals surface area (Å²) in [5.74, 6) is -0.0967. The van der Waals surface area contributed by atoms with Gasteiger partial charge in [-0.2, -0.15) is 0 Å². The largest absolute Gasteiger partial charge is 0.478 e. The lowest BCUT2D eigenvalue weighted by Crippen LogP contribution is -2.20. The van der Waals surface area contributed by atoms with Gasteiger partial charge in [0.25, 0.3) is 0 Å². The van der Waals surface area contributed by atoms with Crippen molar-refractivity contribution in [1.82, 2.24) is 4.98 Å². The van der Waals surface area contributed by atoms with Gasteiger partial charge in [0.05, 0.1) is 0 Å². The number of nitrogens with zero attached hydrogens (tertiary/aromatic N) is 1. The molecule has 4 nitrogen and oxygen atoms in total. The van der Waals surface area contributed by atoms with Gasteiger partial charge in [-0.25, -0.2) is 4.79 Å². The maximum absolute atomic E-state index is 11.4. The van der Waals surface area contributed by atoms with Gasteiger partial charge >= 0.3 is 5.97 Å². The highest BCUT2D eigenvalue weighted by atomic mass is 16.4. The van der Waals surface area contributed by atoms with Gasteiger partial charge < -0.3 is 15.0 Å². The van der Waals surface area contributed by atoms with Crippen LogP contribution in [0.25, 0.3) is 10.9 Å². The zero-order chi connectivity index (χ0) is 11.8. The summed E-state index contributed by atoms with van der Waals surface area (Å²) in [5, 5.41) is 10.2. The van der Waals surface area contributed by atoms with Crippen molar-refractivity contribution in [3.8, 4) is 0 Å². The van der Waals surface area contributed by atoms with Crippen LogP contribution in [0, 0.1) is 0 Å². The molecule has 0 amide bonds. The number of carbonyl (C=O) groups is 1. The number of hydrogen-bond acceptors (Lipinski definition) is 2. The van der Waals surface area contributed by atoms with Gasteiger partial charge in [-0.05, 0) is 18.9 Å². The zero-order valence-corrected chi connectivity index (χ0v) is 9.44. The Morgan fingerprint density at radius 2 is 1.94 bits per heavy atom. The molecule has 1 saturated heterocycles. The molecule has 88 valence electrons. The Kier molecular flexibility index (Phi) is 2.28. The van der Waals surface area contributed by atoms with Gasteiger partial charge in [0.2, 0.25) is 0 Å². The van der Waals surface area contributed by atoms with E-state index in [1.54, 1.807) is 0 Å². The van der Waals surface area contributed by atoms with Crippen molar-refractivity contribution in [2.24, 2.45) is 0 Å². The van der Waals surface area contributed by atoms with Crippen molar-refractivity contribution in [3.05, 3.63) is 29.8 Å². The van der Waals surface area contributed by atoms with Crippen molar-refractivity contribution in [2.75, 3.05) is 18.0 Å². The van der Waals surface area contributed by atoms with Gasteiger partial charge in [-0.15, -0.1) is 0 Å². The van der Waals surface area contributed by atoms with Crippen LogP contribution in [0.4, 0.5) is 5.82 Å². The molecule has 0 atom stereocenters. The molecule has 2 heterocycles. The number of rotatable bonds is 2. The molecule has 17 heavy (non-hydrogen) atoms. The second kappa shape index (κ2) is 3.80. The van der Waals surface area contributed by atoms with Crippen LogP contribution in [-0.4, -0.2) is 29.1 Å². The normalized spacial score (nSPS) is 15.6. The number of aromatic nitrogens is 1. The SMILES string of the molecule is O=C(O)c1c(N2CCCC2)[nH]c2ccccc12. The topological polar surface area (TPSA) is 56.3 Å². The minimum atomic E-state index is -0.857. The standard InChI is InChI=1S/C13H14N2O2/c16-13(17)11-9-5-1-2-6-10(9)14-12(11)15-7-3-4-8-15/h1-2,5-6,14H,3-4,7-8H2,(H,16,17). The van der Waals surface area contributed by atoms with Crippen molar-refractivity contribution >= 4 is 22.7 Å². The number of hydrogen-bond donors (Lipinski definition) is 2. The Bertz CT molecular complexity index is 568. The summed E-state index contributed by atoms with van der Waals surface area (Å²) in [6.07, 6.45) is 2.27. The number of benzene rings is 1. The van der Waals surface area contributed by atoms with Gasteiger partial charge in [0.15, 0.2) is 0 Å². The summed E-state index contributed by atoms with van der Waals surface area (Å²) in [5.41, 5.74) is 1.30. The Labute approximate surface area is 98.9 Å². The molecule has 0 spiro atoms. The molecular weight excluding hydrogens is 216 g/mol.